The fourth-order valence-corrected chi connectivity index (χ4v) is 5.40. The summed E-state index contributed by atoms with van der Waals surface area (Å²) < 4.78 is 80.8. The number of anilines is 3. The highest BCUT2D eigenvalue weighted by atomic mass is 19.4. The van der Waals surface area contributed by atoms with Gasteiger partial charge in [0.2, 0.25) is 6.43 Å². The van der Waals surface area contributed by atoms with Gasteiger partial charge in [-0.2, -0.15) is 18.3 Å². The van der Waals surface area contributed by atoms with Crippen LogP contribution in [0.1, 0.15) is 39.3 Å². The second-order valence-electron chi connectivity index (χ2n) is 10.8. The van der Waals surface area contributed by atoms with Crippen molar-refractivity contribution in [2.45, 2.75) is 38.4 Å². The van der Waals surface area contributed by atoms with Crippen molar-refractivity contribution in [1.29, 1.82) is 0 Å². The summed E-state index contributed by atoms with van der Waals surface area (Å²) in [5, 5.41) is 18.4. The van der Waals surface area contributed by atoms with Crippen LogP contribution in [0, 0.1) is 11.7 Å². The molecule has 3 N–H and O–H groups in total. The fraction of sp³-hybridized carbons (Fsp3) is 0.290. The summed E-state index contributed by atoms with van der Waals surface area (Å²) in [6.07, 6.45) is -7.36. The highest BCUT2D eigenvalue weighted by molar-refractivity contribution is 6.13. The molecular formula is C31H27F6N5O4. The summed E-state index contributed by atoms with van der Waals surface area (Å²) in [6.45, 7) is -1.02. The maximum atomic E-state index is 13.8. The first-order valence-corrected chi connectivity index (χ1v) is 14.1. The second-order valence-corrected chi connectivity index (χ2v) is 10.8. The van der Waals surface area contributed by atoms with Crippen molar-refractivity contribution in [3.63, 3.8) is 0 Å². The smallest absolute Gasteiger partial charge is 0.408 e. The maximum absolute atomic E-state index is 13.8. The van der Waals surface area contributed by atoms with E-state index in [0.717, 1.165) is 12.1 Å². The van der Waals surface area contributed by atoms with E-state index < -0.39 is 55.1 Å². The van der Waals surface area contributed by atoms with Gasteiger partial charge in [0.25, 0.3) is 11.8 Å². The molecule has 15 heteroatoms. The van der Waals surface area contributed by atoms with E-state index in [0.29, 0.717) is 10.4 Å². The van der Waals surface area contributed by atoms with Crippen LogP contribution in [0.2, 0.25) is 0 Å². The first-order chi connectivity index (χ1) is 21.8. The van der Waals surface area contributed by atoms with Crippen LogP contribution in [-0.2, 0) is 17.8 Å². The number of rotatable bonds is 9. The maximum Gasteiger partial charge on any atom is 0.408 e. The molecule has 4 aromatic rings. The number of fused-ring (bicyclic) bond motifs is 1. The molecule has 1 aromatic heterocycles. The molecule has 1 fully saturated rings. The molecule has 242 valence electrons. The molecular weight excluding hydrogens is 620 g/mol. The lowest BCUT2D eigenvalue weighted by Crippen LogP contribution is -2.36. The van der Waals surface area contributed by atoms with Crippen LogP contribution in [0.25, 0.3) is 10.9 Å². The summed E-state index contributed by atoms with van der Waals surface area (Å²) in [4.78, 5) is 39.9. The van der Waals surface area contributed by atoms with Crippen LogP contribution < -0.4 is 15.5 Å². The number of hydrogen-bond donors (Lipinski definition) is 3. The Morgan fingerprint density at radius 2 is 1.63 bits per heavy atom. The molecule has 1 aliphatic heterocycles. The monoisotopic (exact) mass is 647 g/mol. The zero-order valence-electron chi connectivity index (χ0n) is 24.0. The molecule has 0 radical (unpaired) electrons. The lowest BCUT2D eigenvalue weighted by molar-refractivity contribution is -0.142. The third-order valence-corrected chi connectivity index (χ3v) is 7.60. The molecule has 46 heavy (non-hydrogen) atoms. The Kier molecular flexibility index (Phi) is 9.21. The van der Waals surface area contributed by atoms with Crippen LogP contribution in [0.5, 0.6) is 0 Å². The Bertz CT molecular complexity index is 1780. The van der Waals surface area contributed by atoms with Crippen LogP contribution >= 0.6 is 0 Å². The number of nitrogens with one attached hydrogen (secondary N) is 2. The van der Waals surface area contributed by atoms with Crippen molar-refractivity contribution in [2.24, 2.45) is 5.92 Å². The summed E-state index contributed by atoms with van der Waals surface area (Å²) in [6, 6.07) is 13.3. The van der Waals surface area contributed by atoms with E-state index in [2.05, 4.69) is 15.7 Å². The molecule has 1 aliphatic rings. The number of halogens is 6. The molecule has 0 spiro atoms. The molecule has 0 atom stereocenters. The minimum absolute atomic E-state index is 0.00854. The van der Waals surface area contributed by atoms with Gasteiger partial charge < -0.3 is 20.6 Å². The second kappa shape index (κ2) is 13.1. The molecule has 0 unspecified atom stereocenters. The highest BCUT2D eigenvalue weighted by Gasteiger charge is 2.31. The quantitative estimate of drug-likeness (QED) is 0.182. The van der Waals surface area contributed by atoms with E-state index in [1.807, 2.05) is 0 Å². The summed E-state index contributed by atoms with van der Waals surface area (Å²) >= 11 is 0. The number of aliphatic carboxylic acids is 1. The van der Waals surface area contributed by atoms with E-state index in [-0.39, 0.29) is 65.0 Å². The van der Waals surface area contributed by atoms with Gasteiger partial charge >= 0.3 is 12.1 Å². The minimum atomic E-state index is -4.61. The fourth-order valence-electron chi connectivity index (χ4n) is 5.40. The van der Waals surface area contributed by atoms with Crippen molar-refractivity contribution in [3.05, 3.63) is 83.3 Å². The molecule has 2 heterocycles. The van der Waals surface area contributed by atoms with Crippen molar-refractivity contribution in [2.75, 3.05) is 28.6 Å². The van der Waals surface area contributed by atoms with Crippen LogP contribution in [0.3, 0.4) is 0 Å². The lowest BCUT2D eigenvalue weighted by Gasteiger charge is -2.34. The highest BCUT2D eigenvalue weighted by Crippen LogP contribution is 2.34. The van der Waals surface area contributed by atoms with E-state index in [1.54, 1.807) is 4.90 Å². The van der Waals surface area contributed by atoms with Crippen molar-refractivity contribution < 1.29 is 45.8 Å². The first kappa shape index (κ1) is 32.3. The van der Waals surface area contributed by atoms with Crippen LogP contribution in [-0.4, -0.2) is 58.4 Å². The van der Waals surface area contributed by atoms with E-state index in [9.17, 15) is 45.8 Å². The molecule has 9 nitrogen and oxygen atoms in total. The molecule has 0 saturated carbocycles. The predicted octanol–water partition coefficient (Wildman–Crippen LogP) is 6.35. The summed E-state index contributed by atoms with van der Waals surface area (Å²) in [5.74, 6) is -4.38. The topological polar surface area (TPSA) is 117 Å². The Morgan fingerprint density at radius 3 is 2.30 bits per heavy atom. The molecule has 5 rings (SSSR count). The number of piperidine rings is 1. The van der Waals surface area contributed by atoms with E-state index in [1.165, 1.54) is 48.5 Å². The Balaban J connectivity index is 1.49. The third kappa shape index (κ3) is 7.41. The number of carboxylic acids is 1. The molecule has 0 bridgehead atoms. The van der Waals surface area contributed by atoms with Gasteiger partial charge in [0.15, 0.2) is 5.69 Å². The molecule has 0 aliphatic carbocycles. The predicted molar refractivity (Wildman–Crippen MR) is 157 cm³/mol. The zero-order chi connectivity index (χ0) is 33.2. The number of alkyl halides is 5. The Hall–Kier alpha value is -5.08. The number of benzene rings is 3. The average Bonchev–Trinajstić information content (AvgIpc) is 3.35. The van der Waals surface area contributed by atoms with Gasteiger partial charge in [0.05, 0.1) is 23.3 Å². The summed E-state index contributed by atoms with van der Waals surface area (Å²) in [5.41, 5.74) is 0.246. The van der Waals surface area contributed by atoms with Gasteiger partial charge in [0.1, 0.15) is 12.4 Å². The van der Waals surface area contributed by atoms with Gasteiger partial charge in [-0.3, -0.25) is 19.1 Å². The number of nitrogens with zero attached hydrogens (tertiary/aromatic N) is 3. The number of carbonyl (C=O) groups is 3. The van der Waals surface area contributed by atoms with Gasteiger partial charge in [-0.05, 0) is 60.9 Å². The lowest BCUT2D eigenvalue weighted by atomic mass is 9.96. The number of para-hydroxylation sites is 1. The number of amides is 2. The van der Waals surface area contributed by atoms with Gasteiger partial charge in [0, 0.05) is 35.6 Å². The zero-order valence-corrected chi connectivity index (χ0v) is 24.0. The third-order valence-electron chi connectivity index (χ3n) is 7.60. The number of carbonyl (C=O) groups excluding carboxylic acids is 2. The average molecular weight is 648 g/mol. The molecule has 1 saturated heterocycles. The molecule has 2 amide bonds. The largest absolute Gasteiger partial charge is 0.481 e. The van der Waals surface area contributed by atoms with Crippen molar-refractivity contribution in [1.82, 2.24) is 9.78 Å². The number of carboxylic acid groups (broad SMARTS) is 1. The Morgan fingerprint density at radius 1 is 0.935 bits per heavy atom. The van der Waals surface area contributed by atoms with Crippen LogP contribution in [0.4, 0.5) is 43.4 Å². The number of hydrogen-bond acceptors (Lipinski definition) is 5. The van der Waals surface area contributed by atoms with Crippen molar-refractivity contribution in [3.8, 4) is 0 Å². The van der Waals surface area contributed by atoms with Gasteiger partial charge in [-0.15, -0.1) is 0 Å². The van der Waals surface area contributed by atoms with Gasteiger partial charge in [-0.25, -0.2) is 13.2 Å². The standard InChI is InChI=1S/C31H27F6N5O4/c32-20-6-7-22(19(13-20)15-26(43)44)38-29(45)18-5-8-25(41-11-9-17(10-12-41)28(33)34)23(14-18)39-30(46)27-21-3-1-2-4-24(21)42(40-27)16-31(35,36)37/h1-8,13-14,17,28H,9-12,15-16H2,(H,38,45)(H,39,46)(H,43,44). The summed E-state index contributed by atoms with van der Waals surface area (Å²) in [7, 11) is 0. The number of aromatic nitrogens is 2. The van der Waals surface area contributed by atoms with Crippen molar-refractivity contribution >= 4 is 45.7 Å². The normalized spacial score (nSPS) is 14.1. The molecule has 3 aromatic carbocycles. The van der Waals surface area contributed by atoms with E-state index >= 15 is 0 Å². The minimum Gasteiger partial charge on any atom is -0.481 e. The Labute approximate surface area is 257 Å². The SMILES string of the molecule is O=C(O)Cc1cc(F)ccc1NC(=O)c1ccc(N2CCC(C(F)F)CC2)c(NC(=O)c2nn(CC(F)(F)F)c3ccccc23)c1. The van der Waals surface area contributed by atoms with Crippen LogP contribution in [0.15, 0.2) is 60.7 Å². The first-order valence-electron chi connectivity index (χ1n) is 14.1. The van der Waals surface area contributed by atoms with Gasteiger partial charge in [-0.1, -0.05) is 18.2 Å². The van der Waals surface area contributed by atoms with E-state index in [4.69, 9.17) is 0 Å².